The molecule has 0 bridgehead atoms. The summed E-state index contributed by atoms with van der Waals surface area (Å²) in [5.41, 5.74) is 3.31. The van der Waals surface area contributed by atoms with Crippen molar-refractivity contribution in [3.05, 3.63) is 53.9 Å². The lowest BCUT2D eigenvalue weighted by Gasteiger charge is -2.32. The number of rotatable bonds is 7. The summed E-state index contributed by atoms with van der Waals surface area (Å²) >= 11 is 0. The van der Waals surface area contributed by atoms with Crippen LogP contribution >= 0.6 is 0 Å². The van der Waals surface area contributed by atoms with E-state index in [2.05, 4.69) is 33.4 Å². The fourth-order valence-corrected chi connectivity index (χ4v) is 4.24. The van der Waals surface area contributed by atoms with Crippen LogP contribution in [-0.4, -0.2) is 52.3 Å². The van der Waals surface area contributed by atoms with Crippen LogP contribution in [0.3, 0.4) is 0 Å². The maximum absolute atomic E-state index is 11.2. The SMILES string of the molecule is COc1ccc(CN2CCC[C@H](c3nn(CCNC(C)=O)c4ncccc34)C2)cc1. The first-order valence-electron chi connectivity index (χ1n) is 10.5. The molecule has 0 unspecified atom stereocenters. The fraction of sp³-hybridized carbons (Fsp3) is 0.435. The van der Waals surface area contributed by atoms with E-state index in [1.165, 1.54) is 12.5 Å². The van der Waals surface area contributed by atoms with Gasteiger partial charge in [-0.2, -0.15) is 5.10 Å². The zero-order valence-electron chi connectivity index (χ0n) is 17.7. The van der Waals surface area contributed by atoms with Crippen LogP contribution in [0.4, 0.5) is 0 Å². The minimum absolute atomic E-state index is 0.0268. The van der Waals surface area contributed by atoms with E-state index in [9.17, 15) is 4.79 Å². The Hall–Kier alpha value is -2.93. The number of hydrogen-bond acceptors (Lipinski definition) is 5. The van der Waals surface area contributed by atoms with E-state index in [-0.39, 0.29) is 5.91 Å². The Labute approximate surface area is 177 Å². The van der Waals surface area contributed by atoms with Crippen LogP contribution in [0.1, 0.15) is 36.9 Å². The Morgan fingerprint density at radius 3 is 2.87 bits per heavy atom. The molecule has 4 rings (SSSR count). The second kappa shape index (κ2) is 9.26. The maximum atomic E-state index is 11.2. The highest BCUT2D eigenvalue weighted by Gasteiger charge is 2.26. The number of amides is 1. The Balaban J connectivity index is 1.50. The number of fused-ring (bicyclic) bond motifs is 1. The van der Waals surface area contributed by atoms with E-state index < -0.39 is 0 Å². The van der Waals surface area contributed by atoms with Gasteiger partial charge in [-0.15, -0.1) is 0 Å². The van der Waals surface area contributed by atoms with Gasteiger partial charge in [0.2, 0.25) is 5.91 Å². The molecule has 0 spiro atoms. The van der Waals surface area contributed by atoms with Gasteiger partial charge in [-0.05, 0) is 49.2 Å². The van der Waals surface area contributed by atoms with Crippen molar-refractivity contribution in [2.75, 3.05) is 26.7 Å². The molecule has 3 aromatic rings. The van der Waals surface area contributed by atoms with Gasteiger partial charge in [0.25, 0.3) is 0 Å². The monoisotopic (exact) mass is 407 g/mol. The van der Waals surface area contributed by atoms with E-state index >= 15 is 0 Å². The van der Waals surface area contributed by atoms with Crippen molar-refractivity contribution in [2.24, 2.45) is 0 Å². The predicted molar refractivity (Wildman–Crippen MR) is 116 cm³/mol. The van der Waals surface area contributed by atoms with Gasteiger partial charge in [-0.3, -0.25) is 9.69 Å². The summed E-state index contributed by atoms with van der Waals surface area (Å²) in [7, 11) is 1.69. The molecule has 0 saturated carbocycles. The van der Waals surface area contributed by atoms with Crippen molar-refractivity contribution in [3.8, 4) is 5.75 Å². The van der Waals surface area contributed by atoms with Gasteiger partial charge >= 0.3 is 0 Å². The molecule has 1 amide bonds. The Kier molecular flexibility index (Phi) is 6.28. The van der Waals surface area contributed by atoms with E-state index in [4.69, 9.17) is 9.84 Å². The number of nitrogens with zero attached hydrogens (tertiary/aromatic N) is 4. The van der Waals surface area contributed by atoms with Crippen LogP contribution < -0.4 is 10.1 Å². The van der Waals surface area contributed by atoms with Gasteiger partial charge in [0.1, 0.15) is 5.75 Å². The van der Waals surface area contributed by atoms with Crippen molar-refractivity contribution in [1.29, 1.82) is 0 Å². The standard InChI is InChI=1S/C23H29N5O2/c1-17(29)24-12-14-28-23-21(6-3-11-25-23)22(26-28)19-5-4-13-27(16-19)15-18-7-9-20(30-2)10-8-18/h3,6-11,19H,4-5,12-16H2,1-2H3,(H,24,29)/t19-/m0/s1. The van der Waals surface area contributed by atoms with Crippen molar-refractivity contribution in [2.45, 2.75) is 38.8 Å². The van der Waals surface area contributed by atoms with Crippen LogP contribution in [0.15, 0.2) is 42.6 Å². The average molecular weight is 408 g/mol. The molecular weight excluding hydrogens is 378 g/mol. The van der Waals surface area contributed by atoms with Crippen LogP contribution in [-0.2, 0) is 17.9 Å². The molecule has 2 aromatic heterocycles. The molecule has 158 valence electrons. The van der Waals surface area contributed by atoms with Crippen LogP contribution in [0, 0.1) is 0 Å². The number of carbonyl (C=O) groups is 1. The minimum atomic E-state index is -0.0268. The van der Waals surface area contributed by atoms with E-state index in [0.717, 1.165) is 55.0 Å². The molecule has 1 saturated heterocycles. The molecule has 1 aliphatic heterocycles. The number of ether oxygens (including phenoxy) is 1. The zero-order valence-corrected chi connectivity index (χ0v) is 17.7. The van der Waals surface area contributed by atoms with E-state index in [0.29, 0.717) is 19.0 Å². The molecular formula is C23H29N5O2. The first-order chi connectivity index (χ1) is 14.6. The largest absolute Gasteiger partial charge is 0.497 e. The first-order valence-corrected chi connectivity index (χ1v) is 10.5. The third-order valence-electron chi connectivity index (χ3n) is 5.69. The molecule has 7 heteroatoms. The van der Waals surface area contributed by atoms with Gasteiger partial charge in [0, 0.05) is 44.1 Å². The van der Waals surface area contributed by atoms with Crippen molar-refractivity contribution in [1.82, 2.24) is 25.0 Å². The molecule has 0 radical (unpaired) electrons. The number of pyridine rings is 1. The Morgan fingerprint density at radius 2 is 2.10 bits per heavy atom. The second-order valence-electron chi connectivity index (χ2n) is 7.89. The molecule has 3 heterocycles. The lowest BCUT2D eigenvalue weighted by atomic mass is 9.93. The molecule has 1 fully saturated rings. The topological polar surface area (TPSA) is 72.3 Å². The highest BCUT2D eigenvalue weighted by Crippen LogP contribution is 2.31. The summed E-state index contributed by atoms with van der Waals surface area (Å²) in [6.07, 6.45) is 4.09. The molecule has 1 atom stereocenters. The molecule has 1 N–H and O–H groups in total. The van der Waals surface area contributed by atoms with E-state index in [1.54, 1.807) is 13.3 Å². The predicted octanol–water partition coefficient (Wildman–Crippen LogP) is 2.96. The van der Waals surface area contributed by atoms with Crippen LogP contribution in [0.5, 0.6) is 5.75 Å². The number of aromatic nitrogens is 3. The quantitative estimate of drug-likeness (QED) is 0.652. The summed E-state index contributed by atoms with van der Waals surface area (Å²) in [6, 6.07) is 12.4. The van der Waals surface area contributed by atoms with Crippen LogP contribution in [0.2, 0.25) is 0 Å². The molecule has 30 heavy (non-hydrogen) atoms. The highest BCUT2D eigenvalue weighted by atomic mass is 16.5. The normalized spacial score (nSPS) is 17.2. The van der Waals surface area contributed by atoms with Crippen molar-refractivity contribution < 1.29 is 9.53 Å². The third-order valence-corrected chi connectivity index (χ3v) is 5.69. The maximum Gasteiger partial charge on any atom is 0.216 e. The number of hydrogen-bond donors (Lipinski definition) is 1. The van der Waals surface area contributed by atoms with Gasteiger partial charge in [-0.1, -0.05) is 12.1 Å². The fourth-order valence-electron chi connectivity index (χ4n) is 4.24. The Morgan fingerprint density at radius 1 is 1.27 bits per heavy atom. The third kappa shape index (κ3) is 4.62. The number of nitrogens with one attached hydrogen (secondary N) is 1. The second-order valence-corrected chi connectivity index (χ2v) is 7.89. The summed E-state index contributed by atoms with van der Waals surface area (Å²) in [4.78, 5) is 18.3. The Bertz CT molecular complexity index is 999. The number of carbonyl (C=O) groups excluding carboxylic acids is 1. The lowest BCUT2D eigenvalue weighted by molar-refractivity contribution is -0.118. The van der Waals surface area contributed by atoms with Crippen molar-refractivity contribution in [3.63, 3.8) is 0 Å². The molecule has 7 nitrogen and oxygen atoms in total. The number of piperidine rings is 1. The van der Waals surface area contributed by atoms with Gasteiger partial charge in [0.15, 0.2) is 5.65 Å². The number of likely N-dealkylation sites (tertiary alicyclic amines) is 1. The number of benzene rings is 1. The van der Waals surface area contributed by atoms with Gasteiger partial charge in [-0.25, -0.2) is 9.67 Å². The average Bonchev–Trinajstić information content (AvgIpc) is 3.13. The summed E-state index contributed by atoms with van der Waals surface area (Å²) in [5, 5.41) is 8.90. The van der Waals surface area contributed by atoms with Gasteiger partial charge in [0.05, 0.1) is 19.3 Å². The summed E-state index contributed by atoms with van der Waals surface area (Å²) < 4.78 is 7.20. The number of methoxy groups -OCH3 is 1. The van der Waals surface area contributed by atoms with Crippen molar-refractivity contribution >= 4 is 16.9 Å². The summed E-state index contributed by atoms with van der Waals surface area (Å²) in [5.74, 6) is 1.24. The first kappa shape index (κ1) is 20.3. The summed E-state index contributed by atoms with van der Waals surface area (Å²) in [6.45, 7) is 5.72. The zero-order chi connectivity index (χ0) is 20.9. The van der Waals surface area contributed by atoms with Crippen LogP contribution in [0.25, 0.3) is 11.0 Å². The van der Waals surface area contributed by atoms with Gasteiger partial charge < -0.3 is 10.1 Å². The van der Waals surface area contributed by atoms with E-state index in [1.807, 2.05) is 22.9 Å². The smallest absolute Gasteiger partial charge is 0.216 e. The lowest BCUT2D eigenvalue weighted by Crippen LogP contribution is -2.34. The minimum Gasteiger partial charge on any atom is -0.497 e. The molecule has 1 aliphatic rings. The highest BCUT2D eigenvalue weighted by molar-refractivity contribution is 5.79. The molecule has 1 aromatic carbocycles. The molecule has 0 aliphatic carbocycles.